The number of ketones is 1. The second-order valence-electron chi connectivity index (χ2n) is 4.30. The Morgan fingerprint density at radius 1 is 1.44 bits per heavy atom. The van der Waals surface area contributed by atoms with E-state index in [1.807, 2.05) is 32.9 Å². The van der Waals surface area contributed by atoms with Gasteiger partial charge in [-0.1, -0.05) is 26.0 Å². The van der Waals surface area contributed by atoms with E-state index in [0.717, 1.165) is 11.1 Å². The minimum atomic E-state index is -0.0694. The van der Waals surface area contributed by atoms with E-state index >= 15 is 0 Å². The highest BCUT2D eigenvalue weighted by Crippen LogP contribution is 2.31. The van der Waals surface area contributed by atoms with E-state index in [1.165, 1.54) is 0 Å². The van der Waals surface area contributed by atoms with Crippen LogP contribution in [-0.2, 0) is 0 Å². The van der Waals surface area contributed by atoms with E-state index in [2.05, 4.69) is 5.32 Å². The predicted molar refractivity (Wildman–Crippen MR) is 65.2 cm³/mol. The second kappa shape index (κ2) is 5.12. The smallest absolute Gasteiger partial charge is 0.180 e. The Kier molecular flexibility index (Phi) is 4.07. The lowest BCUT2D eigenvalue weighted by atomic mass is 9.94. The molecule has 0 heterocycles. The lowest BCUT2D eigenvalue weighted by Gasteiger charge is -2.14. The number of rotatable bonds is 4. The highest BCUT2D eigenvalue weighted by atomic mass is 16.3. The number of hydrogen-bond acceptors (Lipinski definition) is 3. The third-order valence-electron chi connectivity index (χ3n) is 2.66. The Hall–Kier alpha value is -1.35. The number of hydrogen-bond donors (Lipinski definition) is 2. The van der Waals surface area contributed by atoms with Gasteiger partial charge in [0.2, 0.25) is 0 Å². The van der Waals surface area contributed by atoms with Crippen molar-refractivity contribution in [3.8, 4) is 5.75 Å². The first-order valence-corrected chi connectivity index (χ1v) is 5.49. The molecule has 0 atom stereocenters. The van der Waals surface area contributed by atoms with Gasteiger partial charge in [-0.15, -0.1) is 0 Å². The zero-order chi connectivity index (χ0) is 12.3. The van der Waals surface area contributed by atoms with Crippen molar-refractivity contribution in [2.45, 2.75) is 26.7 Å². The Morgan fingerprint density at radius 2 is 2.06 bits per heavy atom. The fourth-order valence-electron chi connectivity index (χ4n) is 1.77. The van der Waals surface area contributed by atoms with Crippen LogP contribution in [0.4, 0.5) is 0 Å². The summed E-state index contributed by atoms with van der Waals surface area (Å²) < 4.78 is 0. The minimum Gasteiger partial charge on any atom is -0.507 e. The molecule has 3 heteroatoms. The Balaban J connectivity index is 3.26. The summed E-state index contributed by atoms with van der Waals surface area (Å²) in [5.74, 6) is 0.275. The Labute approximate surface area is 96.5 Å². The highest BCUT2D eigenvalue weighted by Gasteiger charge is 2.17. The van der Waals surface area contributed by atoms with Crippen LogP contribution in [0.2, 0.25) is 0 Å². The number of carbonyl (C=O) groups is 1. The van der Waals surface area contributed by atoms with Gasteiger partial charge in [0.05, 0.1) is 12.1 Å². The first-order chi connectivity index (χ1) is 7.49. The molecule has 3 nitrogen and oxygen atoms in total. The Morgan fingerprint density at radius 3 is 2.56 bits per heavy atom. The van der Waals surface area contributed by atoms with Crippen LogP contribution in [0.15, 0.2) is 12.1 Å². The van der Waals surface area contributed by atoms with Gasteiger partial charge >= 0.3 is 0 Å². The van der Waals surface area contributed by atoms with Gasteiger partial charge in [-0.05, 0) is 31.0 Å². The normalized spacial score (nSPS) is 10.8. The number of likely N-dealkylation sites (N-methyl/N-ethyl adjacent to an activating group) is 1. The monoisotopic (exact) mass is 221 g/mol. The molecule has 0 aliphatic rings. The average Bonchev–Trinajstić information content (AvgIpc) is 2.17. The van der Waals surface area contributed by atoms with Crippen molar-refractivity contribution in [3.05, 3.63) is 28.8 Å². The van der Waals surface area contributed by atoms with E-state index < -0.39 is 0 Å². The maximum atomic E-state index is 11.8. The van der Waals surface area contributed by atoms with Gasteiger partial charge in [-0.3, -0.25) is 4.79 Å². The summed E-state index contributed by atoms with van der Waals surface area (Å²) >= 11 is 0. The number of Topliss-reactive ketones (excluding diaryl/α,β-unsaturated/α-hetero) is 1. The number of phenols is 1. The fourth-order valence-corrected chi connectivity index (χ4v) is 1.77. The van der Waals surface area contributed by atoms with Crippen LogP contribution < -0.4 is 5.32 Å². The molecular formula is C13H19NO2. The zero-order valence-electron chi connectivity index (χ0n) is 10.3. The number of carbonyl (C=O) groups excluding carboxylic acids is 1. The maximum absolute atomic E-state index is 11.8. The van der Waals surface area contributed by atoms with E-state index in [1.54, 1.807) is 7.05 Å². The summed E-state index contributed by atoms with van der Waals surface area (Å²) in [7, 11) is 1.72. The maximum Gasteiger partial charge on any atom is 0.180 e. The van der Waals surface area contributed by atoms with Crippen molar-refractivity contribution in [2.75, 3.05) is 13.6 Å². The number of benzene rings is 1. The molecule has 0 saturated carbocycles. The van der Waals surface area contributed by atoms with Crippen molar-refractivity contribution >= 4 is 5.78 Å². The largest absolute Gasteiger partial charge is 0.507 e. The first-order valence-electron chi connectivity index (χ1n) is 5.49. The third-order valence-corrected chi connectivity index (χ3v) is 2.66. The van der Waals surface area contributed by atoms with Crippen LogP contribution in [0, 0.1) is 6.92 Å². The molecule has 1 aromatic carbocycles. The van der Waals surface area contributed by atoms with Crippen LogP contribution >= 0.6 is 0 Å². The molecule has 0 saturated heterocycles. The Bertz CT molecular complexity index is 397. The van der Waals surface area contributed by atoms with Gasteiger partial charge in [-0.25, -0.2) is 0 Å². The van der Waals surface area contributed by atoms with Gasteiger partial charge < -0.3 is 10.4 Å². The molecule has 16 heavy (non-hydrogen) atoms. The summed E-state index contributed by atoms with van der Waals surface area (Å²) in [5, 5.41) is 12.9. The molecule has 88 valence electrons. The number of nitrogens with one attached hydrogen (secondary N) is 1. The van der Waals surface area contributed by atoms with Gasteiger partial charge in [0.25, 0.3) is 0 Å². The SMILES string of the molecule is CNCC(=O)c1c(C)ccc(C(C)C)c1O. The lowest BCUT2D eigenvalue weighted by molar-refractivity contribution is 0.0990. The summed E-state index contributed by atoms with van der Waals surface area (Å²) in [4.78, 5) is 11.8. The minimum absolute atomic E-state index is 0.0694. The summed E-state index contributed by atoms with van der Waals surface area (Å²) in [6.45, 7) is 6.08. The number of aryl methyl sites for hydroxylation is 1. The van der Waals surface area contributed by atoms with Crippen molar-refractivity contribution in [2.24, 2.45) is 0 Å². The van der Waals surface area contributed by atoms with Crippen LogP contribution in [0.5, 0.6) is 5.75 Å². The molecule has 2 N–H and O–H groups in total. The van der Waals surface area contributed by atoms with Gasteiger partial charge in [-0.2, -0.15) is 0 Å². The van der Waals surface area contributed by atoms with Crippen molar-refractivity contribution in [1.29, 1.82) is 0 Å². The van der Waals surface area contributed by atoms with Gasteiger partial charge in [0.1, 0.15) is 5.75 Å². The lowest BCUT2D eigenvalue weighted by Crippen LogP contribution is -2.19. The van der Waals surface area contributed by atoms with Gasteiger partial charge in [0, 0.05) is 0 Å². The molecular weight excluding hydrogens is 202 g/mol. The number of phenolic OH excluding ortho intramolecular Hbond substituents is 1. The standard InChI is InChI=1S/C13H19NO2/c1-8(2)10-6-5-9(3)12(13(10)16)11(15)7-14-4/h5-6,8,14,16H,7H2,1-4H3. The molecule has 0 bridgehead atoms. The summed E-state index contributed by atoms with van der Waals surface area (Å²) in [6, 6.07) is 3.77. The molecule has 1 rings (SSSR count). The summed E-state index contributed by atoms with van der Waals surface area (Å²) in [6.07, 6.45) is 0. The van der Waals surface area contributed by atoms with E-state index in [9.17, 15) is 9.90 Å². The van der Waals surface area contributed by atoms with Crippen molar-refractivity contribution in [3.63, 3.8) is 0 Å². The average molecular weight is 221 g/mol. The fraction of sp³-hybridized carbons (Fsp3) is 0.462. The molecule has 0 amide bonds. The second-order valence-corrected chi connectivity index (χ2v) is 4.30. The van der Waals surface area contributed by atoms with Crippen LogP contribution in [0.1, 0.15) is 41.3 Å². The van der Waals surface area contributed by atoms with E-state index in [-0.39, 0.29) is 24.0 Å². The van der Waals surface area contributed by atoms with E-state index in [0.29, 0.717) is 5.56 Å². The first kappa shape index (κ1) is 12.7. The third kappa shape index (κ3) is 2.42. The molecule has 0 aliphatic carbocycles. The quantitative estimate of drug-likeness (QED) is 0.766. The summed E-state index contributed by atoms with van der Waals surface area (Å²) in [5.41, 5.74) is 2.09. The zero-order valence-corrected chi connectivity index (χ0v) is 10.3. The van der Waals surface area contributed by atoms with Crippen LogP contribution in [0.25, 0.3) is 0 Å². The number of aromatic hydroxyl groups is 1. The van der Waals surface area contributed by atoms with E-state index in [4.69, 9.17) is 0 Å². The van der Waals surface area contributed by atoms with Crippen LogP contribution in [0.3, 0.4) is 0 Å². The molecule has 0 unspecified atom stereocenters. The molecule has 0 radical (unpaired) electrons. The van der Waals surface area contributed by atoms with Crippen molar-refractivity contribution in [1.82, 2.24) is 5.32 Å². The molecule has 1 aromatic rings. The highest BCUT2D eigenvalue weighted by molar-refractivity contribution is 6.01. The van der Waals surface area contributed by atoms with Crippen LogP contribution in [-0.4, -0.2) is 24.5 Å². The van der Waals surface area contributed by atoms with Crippen molar-refractivity contribution < 1.29 is 9.90 Å². The predicted octanol–water partition coefficient (Wildman–Crippen LogP) is 2.23. The molecule has 0 aromatic heterocycles. The molecule has 0 fully saturated rings. The molecule has 0 spiro atoms. The van der Waals surface area contributed by atoms with Gasteiger partial charge in [0.15, 0.2) is 5.78 Å². The topological polar surface area (TPSA) is 49.3 Å². The molecule has 0 aliphatic heterocycles.